The van der Waals surface area contributed by atoms with Crippen molar-refractivity contribution in [1.29, 1.82) is 0 Å². The van der Waals surface area contributed by atoms with E-state index in [0.717, 1.165) is 57.6 Å². The molecule has 0 aliphatic carbocycles. The summed E-state index contributed by atoms with van der Waals surface area (Å²) in [4.78, 5) is 2.50. The van der Waals surface area contributed by atoms with Gasteiger partial charge in [-0.15, -0.1) is 0 Å². The molecule has 1 aromatic rings. The van der Waals surface area contributed by atoms with Crippen LogP contribution in [-0.2, 0) is 22.4 Å². The van der Waals surface area contributed by atoms with Crippen molar-refractivity contribution in [2.24, 2.45) is 0 Å². The summed E-state index contributed by atoms with van der Waals surface area (Å²) in [7, 11) is -3.82. The van der Waals surface area contributed by atoms with Gasteiger partial charge in [0.05, 0.1) is 13.2 Å². The minimum Gasteiger partial charge on any atom is -0.418 e. The molecule has 0 saturated carbocycles. The highest BCUT2D eigenvalue weighted by Gasteiger charge is 2.39. The van der Waals surface area contributed by atoms with Crippen molar-refractivity contribution in [2.45, 2.75) is 65.7 Å². The predicted octanol–water partition coefficient (Wildman–Crippen LogP) is 5.49. The van der Waals surface area contributed by atoms with Crippen LogP contribution in [0.2, 0.25) is 25.2 Å². The Bertz CT molecular complexity index is 602. The summed E-state index contributed by atoms with van der Waals surface area (Å²) in [6, 6.07) is 12.3. The van der Waals surface area contributed by atoms with E-state index in [9.17, 15) is 0 Å². The Morgan fingerprint density at radius 1 is 0.800 bits per heavy atom. The summed E-state index contributed by atoms with van der Waals surface area (Å²) in [6.45, 7) is 21.6. The fraction of sp³-hybridized carbons (Fsp3) is 0.769. The van der Waals surface area contributed by atoms with E-state index in [1.165, 1.54) is 19.0 Å². The molecule has 2 rings (SSSR count). The number of rotatable bonds is 17. The quantitative estimate of drug-likeness (QED) is 0.212. The van der Waals surface area contributed by atoms with Gasteiger partial charge in [-0.1, -0.05) is 18.2 Å². The van der Waals surface area contributed by atoms with Crippen molar-refractivity contribution < 1.29 is 22.4 Å². The summed E-state index contributed by atoms with van der Waals surface area (Å²) in [5, 5.41) is 3.40. The highest BCUT2D eigenvalue weighted by Crippen LogP contribution is 2.18. The van der Waals surface area contributed by atoms with Gasteiger partial charge in [0.1, 0.15) is 0 Å². The average molecular weight is 529 g/mol. The number of nitrogens with one attached hydrogen (secondary N) is 1. The van der Waals surface area contributed by atoms with Crippen molar-refractivity contribution >= 4 is 22.8 Å². The molecule has 7 nitrogen and oxygen atoms in total. The van der Waals surface area contributed by atoms with Gasteiger partial charge >= 0.3 is 8.80 Å². The minimum atomic E-state index is -2.47. The van der Waals surface area contributed by atoms with Crippen LogP contribution in [0.15, 0.2) is 30.3 Å². The molecule has 1 aromatic carbocycles. The van der Waals surface area contributed by atoms with Gasteiger partial charge in [-0.2, -0.15) is 0 Å². The van der Waals surface area contributed by atoms with Crippen molar-refractivity contribution in [3.63, 3.8) is 0 Å². The van der Waals surface area contributed by atoms with Crippen molar-refractivity contribution in [2.75, 3.05) is 71.1 Å². The van der Waals surface area contributed by atoms with E-state index in [2.05, 4.69) is 42.4 Å². The Morgan fingerprint density at radius 2 is 1.37 bits per heavy atom. The molecule has 0 aromatic heterocycles. The average Bonchev–Trinajstić information content (AvgIpc) is 2.84. The lowest BCUT2D eigenvalue weighted by atomic mass is 10.3. The molecule has 1 aliphatic rings. The molecule has 35 heavy (non-hydrogen) atoms. The topological polar surface area (TPSA) is 61.4 Å². The standard InChI is InChI=1S/C15H27NO3Si.C11H25NO2Si/c1-4-17-20(18-5-2,19-6-3)14-10-13-16-15-11-8-7-9-12-15;1-4-14-15(2,3)11-5-6-12-7-9-13-10-8-12/h7-9,11-12,16H,4-6,10,13-14H2,1-3H3;4-11H2,1-3H3. The maximum absolute atomic E-state index is 5.83. The van der Waals surface area contributed by atoms with Crippen LogP contribution in [0.5, 0.6) is 0 Å². The van der Waals surface area contributed by atoms with Gasteiger partial charge in [-0.3, -0.25) is 4.90 Å². The van der Waals surface area contributed by atoms with Gasteiger partial charge in [0, 0.05) is 57.8 Å². The normalized spacial score (nSPS) is 14.9. The van der Waals surface area contributed by atoms with Crippen molar-refractivity contribution in [3.05, 3.63) is 30.3 Å². The molecule has 1 aliphatic heterocycles. The van der Waals surface area contributed by atoms with Crippen LogP contribution in [0, 0.1) is 0 Å². The van der Waals surface area contributed by atoms with Crippen LogP contribution in [0.1, 0.15) is 40.5 Å². The molecule has 0 bridgehead atoms. The summed E-state index contributed by atoms with van der Waals surface area (Å²) >= 11 is 0. The molecule has 0 atom stereocenters. The third kappa shape index (κ3) is 15.2. The number of para-hydroxylation sites is 1. The van der Waals surface area contributed by atoms with Gasteiger partial charge in [-0.05, 0) is 78.4 Å². The molecule has 9 heteroatoms. The Labute approximate surface area is 217 Å². The first kappa shape index (κ1) is 32.2. The van der Waals surface area contributed by atoms with Crippen LogP contribution in [0.3, 0.4) is 0 Å². The first-order chi connectivity index (χ1) is 16.9. The van der Waals surface area contributed by atoms with Gasteiger partial charge in [-0.25, -0.2) is 0 Å². The van der Waals surface area contributed by atoms with Crippen LogP contribution in [-0.4, -0.2) is 87.8 Å². The second kappa shape index (κ2) is 19.3. The van der Waals surface area contributed by atoms with E-state index < -0.39 is 17.1 Å². The third-order valence-corrected chi connectivity index (χ3v) is 11.5. The van der Waals surface area contributed by atoms with Crippen molar-refractivity contribution in [1.82, 2.24) is 4.90 Å². The molecular weight excluding hydrogens is 476 g/mol. The van der Waals surface area contributed by atoms with E-state index in [1.807, 2.05) is 39.0 Å². The Morgan fingerprint density at radius 3 is 1.91 bits per heavy atom. The van der Waals surface area contributed by atoms with Crippen LogP contribution in [0.25, 0.3) is 0 Å². The van der Waals surface area contributed by atoms with Gasteiger partial charge in [0.2, 0.25) is 0 Å². The zero-order valence-corrected chi connectivity index (χ0v) is 25.3. The summed E-state index contributed by atoms with van der Waals surface area (Å²) < 4.78 is 28.6. The Hall–Kier alpha value is -0.786. The van der Waals surface area contributed by atoms with Gasteiger partial charge < -0.3 is 27.8 Å². The Balaban J connectivity index is 0.000000365. The van der Waals surface area contributed by atoms with E-state index in [0.29, 0.717) is 19.8 Å². The largest absolute Gasteiger partial charge is 0.500 e. The number of ether oxygens (including phenoxy) is 1. The summed E-state index contributed by atoms with van der Waals surface area (Å²) in [5.74, 6) is 0. The highest BCUT2D eigenvalue weighted by molar-refractivity contribution is 6.71. The second-order valence-electron chi connectivity index (χ2n) is 9.13. The number of hydrogen-bond acceptors (Lipinski definition) is 7. The molecule has 1 saturated heterocycles. The SMILES string of the molecule is CCO[Si](C)(C)CCCN1CCOCC1.CCO[Si](CCCNc1ccccc1)(OCC)OCC. The smallest absolute Gasteiger partial charge is 0.418 e. The fourth-order valence-electron chi connectivity index (χ4n) is 4.11. The lowest BCUT2D eigenvalue weighted by molar-refractivity contribution is 0.0378. The second-order valence-corrected chi connectivity index (χ2v) is 16.2. The van der Waals surface area contributed by atoms with E-state index in [-0.39, 0.29) is 0 Å². The molecule has 1 fully saturated rings. The highest BCUT2D eigenvalue weighted by atomic mass is 28.4. The monoisotopic (exact) mass is 528 g/mol. The molecule has 0 amide bonds. The summed E-state index contributed by atoms with van der Waals surface area (Å²) in [6.07, 6.45) is 2.25. The molecule has 1 heterocycles. The lowest BCUT2D eigenvalue weighted by Gasteiger charge is -2.28. The first-order valence-electron chi connectivity index (χ1n) is 13.5. The van der Waals surface area contributed by atoms with Gasteiger partial charge in [0.25, 0.3) is 0 Å². The van der Waals surface area contributed by atoms with E-state index in [1.54, 1.807) is 0 Å². The van der Waals surface area contributed by atoms with E-state index in [4.69, 9.17) is 22.4 Å². The molecule has 0 unspecified atom stereocenters. The molecule has 1 N–H and O–H groups in total. The van der Waals surface area contributed by atoms with Crippen molar-refractivity contribution in [3.8, 4) is 0 Å². The first-order valence-corrected chi connectivity index (χ1v) is 18.6. The number of morpholine rings is 1. The molecule has 204 valence electrons. The molecule has 0 spiro atoms. The van der Waals surface area contributed by atoms with Crippen LogP contribution >= 0.6 is 0 Å². The zero-order chi connectivity index (χ0) is 25.8. The number of hydrogen-bond donors (Lipinski definition) is 1. The minimum absolute atomic E-state index is 0.637. The van der Waals surface area contributed by atoms with Gasteiger partial charge in [0.15, 0.2) is 8.32 Å². The Kier molecular flexibility index (Phi) is 17.8. The number of benzene rings is 1. The van der Waals surface area contributed by atoms with Crippen LogP contribution < -0.4 is 5.32 Å². The molecular formula is C26H52N2O5Si2. The number of anilines is 1. The van der Waals surface area contributed by atoms with Crippen LogP contribution in [0.4, 0.5) is 5.69 Å². The number of nitrogens with zero attached hydrogens (tertiary/aromatic N) is 1. The third-order valence-electron chi connectivity index (χ3n) is 5.75. The lowest BCUT2D eigenvalue weighted by Crippen LogP contribution is -2.46. The maximum atomic E-state index is 5.83. The fourth-order valence-corrected chi connectivity index (χ4v) is 8.66. The molecule has 0 radical (unpaired) electrons. The predicted molar refractivity (Wildman–Crippen MR) is 151 cm³/mol. The zero-order valence-electron chi connectivity index (χ0n) is 23.3. The summed E-state index contributed by atoms with van der Waals surface area (Å²) in [5.41, 5.74) is 1.14. The van der Waals surface area contributed by atoms with E-state index >= 15 is 0 Å². The maximum Gasteiger partial charge on any atom is 0.500 e.